The van der Waals surface area contributed by atoms with Crippen LogP contribution in [0.3, 0.4) is 0 Å². The topological polar surface area (TPSA) is 348 Å². The minimum atomic E-state index is -4.65. The molecule has 44 heteroatoms. The van der Waals surface area contributed by atoms with Gasteiger partial charge in [-0.15, -0.1) is 17.0 Å². The minimum absolute atomic E-state index is 0. The maximum absolute atomic E-state index is 14.3. The van der Waals surface area contributed by atoms with Crippen molar-refractivity contribution in [2.24, 2.45) is 0 Å². The number of hydrogen-bond donors (Lipinski definition) is 4. The number of halogens is 13. The van der Waals surface area contributed by atoms with E-state index in [2.05, 4.69) is 67.7 Å². The Kier molecular flexibility index (Phi) is 32.5. The molecule has 4 atom stereocenters. The predicted octanol–water partition coefficient (Wildman–Crippen LogP) is 21.4. The Balaban J connectivity index is 0.000000185. The van der Waals surface area contributed by atoms with Gasteiger partial charge in [0, 0.05) is 69.3 Å². The van der Waals surface area contributed by atoms with Gasteiger partial charge in [0.15, 0.2) is 46.0 Å². The molecule has 0 radical (unpaired) electrons. The van der Waals surface area contributed by atoms with E-state index in [4.69, 9.17) is 69.2 Å². The number of alkyl halides is 12. The van der Waals surface area contributed by atoms with Crippen molar-refractivity contribution in [3.63, 3.8) is 0 Å². The number of amides is 4. The van der Waals surface area contributed by atoms with Crippen molar-refractivity contribution in [2.75, 3.05) is 73.2 Å². The molecule has 13 heterocycles. The number of benzene rings is 8. The summed E-state index contributed by atoms with van der Waals surface area (Å²) in [6.45, 7) is 18.1. The number of aliphatic hydroxyl groups excluding tert-OH is 3. The van der Waals surface area contributed by atoms with E-state index < -0.39 is 124 Å². The summed E-state index contributed by atoms with van der Waals surface area (Å²) < 4.78 is 240. The summed E-state index contributed by atoms with van der Waals surface area (Å²) in [6, 6.07) is 48.5. The van der Waals surface area contributed by atoms with Crippen LogP contribution < -0.4 is 71.1 Å². The van der Waals surface area contributed by atoms with Gasteiger partial charge in [-0.1, -0.05) is 144 Å². The summed E-state index contributed by atoms with van der Waals surface area (Å²) in [4.78, 5) is 61.5. The fourth-order valence-electron chi connectivity index (χ4n) is 18.2. The molecule has 12 aromatic rings. The van der Waals surface area contributed by atoms with Gasteiger partial charge in [0.05, 0.1) is 46.0 Å². The molecule has 1 spiro atoms. The van der Waals surface area contributed by atoms with E-state index in [1.807, 2.05) is 12.1 Å². The normalized spacial score (nSPS) is 18.6. The maximum atomic E-state index is 14.3. The Morgan fingerprint density at radius 2 is 0.574 bits per heavy atom. The Hall–Kier alpha value is -13.1. The molecule has 0 saturated heterocycles. The number of phenols is 1. The van der Waals surface area contributed by atoms with Crippen molar-refractivity contribution in [3.8, 4) is 69.0 Å². The van der Waals surface area contributed by atoms with E-state index >= 15 is 0 Å². The van der Waals surface area contributed by atoms with Crippen LogP contribution in [0.5, 0.6) is 69.0 Å². The third-order valence-electron chi connectivity index (χ3n) is 27.3. The molecule has 0 saturated carbocycles. The van der Waals surface area contributed by atoms with Crippen LogP contribution in [-0.4, -0.2) is 140 Å². The van der Waals surface area contributed by atoms with Gasteiger partial charge in [-0.05, 0) is 156 Å². The first kappa shape index (κ1) is 115. The van der Waals surface area contributed by atoms with E-state index in [1.165, 1.54) is 49.9 Å². The van der Waals surface area contributed by atoms with Gasteiger partial charge in [-0.2, -0.15) is 52.7 Å². The number of phenolic OH excluding ortho intramolecular Hbond substituents is 1. The van der Waals surface area contributed by atoms with E-state index in [0.29, 0.717) is 119 Å². The van der Waals surface area contributed by atoms with Crippen molar-refractivity contribution in [1.29, 1.82) is 0 Å². The number of ether oxygens (including phenoxy) is 9. The van der Waals surface area contributed by atoms with Crippen LogP contribution in [-0.2, 0) is 91.7 Å². The van der Waals surface area contributed by atoms with Gasteiger partial charge in [0.2, 0.25) is 90.5 Å². The Morgan fingerprint density at radius 3 is 0.865 bits per heavy atom. The quantitative estimate of drug-likeness (QED) is 0.0458. The molecular formula is C104H112BrF12GaN4O24Si2. The van der Waals surface area contributed by atoms with Crippen LogP contribution in [0.2, 0.25) is 36.3 Å². The molecular weight excluding hydrogens is 2120 g/mol. The predicted molar refractivity (Wildman–Crippen MR) is 534 cm³/mol. The summed E-state index contributed by atoms with van der Waals surface area (Å²) in [6.07, 6.45) is -18.5. The second-order valence-electron chi connectivity index (χ2n) is 37.6. The van der Waals surface area contributed by atoms with Crippen LogP contribution in [0, 0.1) is 0 Å². The number of nitrogens with zero attached hydrogens (tertiary/aromatic N) is 4. The molecule has 21 rings (SSSR count). The molecule has 0 bridgehead atoms. The fraction of sp³-hybridized carbons (Fsp3) is 0.346. The SMILES string of the molecule is Br.C.C.C.C.CC(C)(C)[Si](C)(C)Oc1cc2c(cc1C1(CO)C(=O)N(Cc3ccc(C(F)(F)F)o3)c3ccccc31)OCO2.CC(C)(C)[Si](C)(C)Oc1cc2c(cc1[C@@]1(CO)C(=O)N(Cc3ccc(C(F)(F)F)o3)c3ccccc31)OCO2.O.O=C1N(Cc2ccc(C(F)(F)F)o2)c2ccccc2[C@@]1(CO)c1cc2c(cc1O)OCO2.O=C1N(Cc2ccc(C(F)(F)F)o2)c2ccccc2[C@]12COc1cc3c(cc12)OCO3.[GaH3]. The molecule has 0 aliphatic carbocycles. The molecule has 1 unspecified atom stereocenters. The molecule has 4 amide bonds. The number of fused-ring (bicyclic) bond motifs is 11. The van der Waals surface area contributed by atoms with Gasteiger partial charge >= 0.3 is 44.5 Å². The number of aliphatic hydroxyl groups is 3. The van der Waals surface area contributed by atoms with Crippen molar-refractivity contribution >= 4 is 99.8 Å². The first-order valence-electron chi connectivity index (χ1n) is 44.1. The van der Waals surface area contributed by atoms with E-state index in [-0.39, 0.29) is 182 Å². The Morgan fingerprint density at radius 1 is 0.324 bits per heavy atom. The summed E-state index contributed by atoms with van der Waals surface area (Å²) in [7, 11) is -4.88. The second kappa shape index (κ2) is 41.8. The van der Waals surface area contributed by atoms with Gasteiger partial charge in [-0.25, -0.2) is 0 Å². The molecule has 4 aromatic heterocycles. The first-order chi connectivity index (χ1) is 66.5. The molecule has 148 heavy (non-hydrogen) atoms. The van der Waals surface area contributed by atoms with Crippen molar-refractivity contribution in [1.82, 2.24) is 0 Å². The Labute approximate surface area is 868 Å². The van der Waals surface area contributed by atoms with Crippen LogP contribution in [0.25, 0.3) is 0 Å². The van der Waals surface area contributed by atoms with Crippen molar-refractivity contribution in [3.05, 3.63) is 285 Å². The molecule has 6 N–H and O–H groups in total. The molecule has 794 valence electrons. The number of aromatic hydroxyl groups is 1. The van der Waals surface area contributed by atoms with Gasteiger partial charge in [-0.3, -0.25) is 19.2 Å². The van der Waals surface area contributed by atoms with Crippen LogP contribution in [0.4, 0.5) is 75.4 Å². The summed E-state index contributed by atoms with van der Waals surface area (Å²) in [5.41, 5.74) is -0.468. The van der Waals surface area contributed by atoms with Gasteiger partial charge < -0.3 is 115 Å². The number of carbonyl (C=O) groups excluding carboxylic acids is 4. The third kappa shape index (κ3) is 19.8. The fourth-order valence-corrected chi connectivity index (χ4v) is 20.2. The molecule has 9 aliphatic heterocycles. The van der Waals surface area contributed by atoms with Crippen LogP contribution >= 0.6 is 17.0 Å². The number of para-hydroxylation sites is 4. The van der Waals surface area contributed by atoms with Gasteiger partial charge in [0.25, 0.3) is 0 Å². The molecule has 8 aromatic carbocycles. The summed E-state index contributed by atoms with van der Waals surface area (Å²) >= 11 is 0. The number of anilines is 4. The van der Waals surface area contributed by atoms with Gasteiger partial charge in [0.1, 0.15) is 74.3 Å². The number of hydrogen-bond acceptors (Lipinski definition) is 23. The zero-order chi connectivity index (χ0) is 101. The Bertz CT molecular complexity index is 6740. The summed E-state index contributed by atoms with van der Waals surface area (Å²) in [5, 5.41) is 42.7. The number of rotatable bonds is 18. The van der Waals surface area contributed by atoms with Crippen LogP contribution in [0.1, 0.15) is 162 Å². The van der Waals surface area contributed by atoms with Crippen molar-refractivity contribution < 1.29 is 167 Å². The van der Waals surface area contributed by atoms with E-state index in [1.54, 1.807) is 121 Å². The standard InChI is InChI=1S/2C28H30F3NO6Si.C22H16F3NO6.C22H14F3NO5.4CH4.BrH.Ga.H2O.3H/c2*1-26(2,3)39(4,5)38-21-13-23-22(35-16-36-23)12-19(21)27(15-33)18-8-6-7-9-20(18)32(25(27)34)14-17-10-11-24(37-17)28(29,30)31;23-22(24,25)19-6-5-12(32-19)9-26-15-4-2-1-3-13(15)21(10-27,20(26)29)14-7-17-18(8-16(14)28)31-11-30-17;23-22(24,25)19-6-5-12(31-19)9-26-15-4-2-1-3-13(15)21(20(26)27)10-28-16-8-18-17(7-14(16)21)29-11-30-18;;;;;;;;;;/h2*6-13,33H,14-16H2,1-5H3;1-8,27-28H,9-11H2;1-8H,9-11H2;4*1H4;1H;;1H2;;;/t27-;;2*21-;;;;;;;;;;/m0.00........../s1. The third-order valence-corrected chi connectivity index (χ3v) is 36.0. The van der Waals surface area contributed by atoms with Crippen molar-refractivity contribution in [2.45, 2.75) is 180 Å². The monoisotopic (exact) mass is 2230 g/mol. The molecule has 0 fully saturated rings. The average Bonchev–Trinajstić information content (AvgIpc) is 1.57. The zero-order valence-corrected chi connectivity index (χ0v) is 81.5. The second-order valence-corrected chi connectivity index (χ2v) is 47.1. The first-order valence-corrected chi connectivity index (χ1v) is 49.9. The van der Waals surface area contributed by atoms with E-state index in [9.17, 15) is 92.3 Å². The number of carbonyl (C=O) groups is 4. The molecule has 9 aliphatic rings. The number of furan rings is 4. The summed E-state index contributed by atoms with van der Waals surface area (Å²) in [5.74, 6) is -2.22. The van der Waals surface area contributed by atoms with Crippen LogP contribution in [0.15, 0.2) is 212 Å². The molecule has 28 nitrogen and oxygen atoms in total. The zero-order valence-electron chi connectivity index (χ0n) is 77.7. The average molecular weight is 2240 g/mol. The van der Waals surface area contributed by atoms with E-state index in [0.717, 1.165) is 35.9 Å².